The highest BCUT2D eigenvalue weighted by molar-refractivity contribution is 14.1. The van der Waals surface area contributed by atoms with Gasteiger partial charge in [0.25, 0.3) is 0 Å². The first kappa shape index (κ1) is 9.44. The Morgan fingerprint density at radius 2 is 2.45 bits per heavy atom. The van der Waals surface area contributed by atoms with Crippen molar-refractivity contribution in [2.75, 3.05) is 6.54 Å². The number of nitrogens with two attached hydrogens (primary N) is 1. The number of thiophene rings is 1. The molecule has 1 aromatic heterocycles. The third kappa shape index (κ3) is 2.70. The summed E-state index contributed by atoms with van der Waals surface area (Å²) in [6.45, 7) is 0.535. The van der Waals surface area contributed by atoms with Crippen molar-refractivity contribution in [1.82, 2.24) is 0 Å². The molecule has 0 fully saturated rings. The zero-order valence-electron chi connectivity index (χ0n) is 5.96. The van der Waals surface area contributed by atoms with E-state index < -0.39 is 0 Å². The normalized spacial score (nSPS) is 13.4. The SMILES string of the molecule is NCCC(O)c1csc(I)c1. The van der Waals surface area contributed by atoms with Crippen LogP contribution in [0.5, 0.6) is 0 Å². The second kappa shape index (κ2) is 4.39. The maximum atomic E-state index is 9.46. The van der Waals surface area contributed by atoms with Gasteiger partial charge in [-0.2, -0.15) is 0 Å². The van der Waals surface area contributed by atoms with Gasteiger partial charge in [-0.1, -0.05) is 0 Å². The zero-order chi connectivity index (χ0) is 8.27. The van der Waals surface area contributed by atoms with Crippen molar-refractivity contribution in [1.29, 1.82) is 0 Å². The van der Waals surface area contributed by atoms with Gasteiger partial charge >= 0.3 is 0 Å². The van der Waals surface area contributed by atoms with E-state index in [0.29, 0.717) is 13.0 Å². The molecule has 1 unspecified atom stereocenters. The summed E-state index contributed by atoms with van der Waals surface area (Å²) in [6.07, 6.45) is 0.270. The summed E-state index contributed by atoms with van der Waals surface area (Å²) < 4.78 is 1.20. The fourth-order valence-corrected chi connectivity index (χ4v) is 2.24. The van der Waals surface area contributed by atoms with Gasteiger partial charge in [0.15, 0.2) is 0 Å². The van der Waals surface area contributed by atoms with Crippen LogP contribution in [0.2, 0.25) is 0 Å². The van der Waals surface area contributed by atoms with Gasteiger partial charge in [0.2, 0.25) is 0 Å². The highest BCUT2D eigenvalue weighted by atomic mass is 127. The molecule has 0 aliphatic rings. The van der Waals surface area contributed by atoms with Crippen LogP contribution < -0.4 is 5.73 Å². The lowest BCUT2D eigenvalue weighted by Gasteiger charge is -2.04. The topological polar surface area (TPSA) is 46.2 Å². The minimum atomic E-state index is -0.375. The van der Waals surface area contributed by atoms with Crippen LogP contribution in [0.4, 0.5) is 0 Å². The maximum Gasteiger partial charge on any atom is 0.0810 e. The molecule has 0 radical (unpaired) electrons. The molecule has 0 bridgehead atoms. The number of aliphatic hydroxyl groups is 1. The van der Waals surface area contributed by atoms with Crippen molar-refractivity contribution < 1.29 is 5.11 Å². The molecule has 3 N–H and O–H groups in total. The summed E-state index contributed by atoms with van der Waals surface area (Å²) in [6, 6.07) is 1.99. The molecular weight excluding hydrogens is 273 g/mol. The predicted octanol–water partition coefficient (Wildman–Crippen LogP) is 1.73. The Labute approximate surface area is 83.6 Å². The minimum absolute atomic E-state index is 0.375. The van der Waals surface area contributed by atoms with E-state index in [4.69, 9.17) is 5.73 Å². The Balaban J connectivity index is 2.60. The van der Waals surface area contributed by atoms with Crippen LogP contribution in [0.25, 0.3) is 0 Å². The molecule has 0 aliphatic carbocycles. The highest BCUT2D eigenvalue weighted by Gasteiger charge is 2.07. The Morgan fingerprint density at radius 1 is 1.73 bits per heavy atom. The summed E-state index contributed by atoms with van der Waals surface area (Å²) in [5, 5.41) is 11.4. The lowest BCUT2D eigenvalue weighted by atomic mass is 10.1. The van der Waals surface area contributed by atoms with Crippen LogP contribution in [-0.4, -0.2) is 11.7 Å². The molecule has 62 valence electrons. The van der Waals surface area contributed by atoms with Gasteiger partial charge in [-0.05, 0) is 52.6 Å². The lowest BCUT2D eigenvalue weighted by Crippen LogP contribution is -2.05. The summed E-state index contributed by atoms with van der Waals surface area (Å²) in [4.78, 5) is 0. The molecule has 0 aromatic carbocycles. The van der Waals surface area contributed by atoms with E-state index in [1.807, 2.05) is 11.4 Å². The average Bonchev–Trinajstić information content (AvgIpc) is 2.36. The molecule has 1 rings (SSSR count). The Bertz CT molecular complexity index is 226. The van der Waals surface area contributed by atoms with Gasteiger partial charge in [-0.15, -0.1) is 11.3 Å². The molecule has 2 nitrogen and oxygen atoms in total. The van der Waals surface area contributed by atoms with Gasteiger partial charge in [-0.25, -0.2) is 0 Å². The van der Waals surface area contributed by atoms with Crippen molar-refractivity contribution in [3.63, 3.8) is 0 Å². The zero-order valence-corrected chi connectivity index (χ0v) is 8.93. The number of rotatable bonds is 3. The summed E-state index contributed by atoms with van der Waals surface area (Å²) >= 11 is 3.88. The van der Waals surface area contributed by atoms with E-state index in [0.717, 1.165) is 5.56 Å². The Hall–Kier alpha value is 0.350. The second-order valence-electron chi connectivity index (χ2n) is 2.28. The minimum Gasteiger partial charge on any atom is -0.388 e. The van der Waals surface area contributed by atoms with Crippen molar-refractivity contribution >= 4 is 33.9 Å². The van der Waals surface area contributed by atoms with E-state index in [1.165, 1.54) is 2.88 Å². The summed E-state index contributed by atoms with van der Waals surface area (Å²) in [7, 11) is 0. The number of aliphatic hydroxyl groups excluding tert-OH is 1. The van der Waals surface area contributed by atoms with Crippen LogP contribution in [0.1, 0.15) is 18.1 Å². The third-order valence-electron chi connectivity index (χ3n) is 1.41. The summed E-state index contributed by atoms with van der Waals surface area (Å²) in [5.41, 5.74) is 6.31. The smallest absolute Gasteiger partial charge is 0.0810 e. The first-order valence-corrected chi connectivity index (χ1v) is 5.32. The Morgan fingerprint density at radius 3 is 2.91 bits per heavy atom. The predicted molar refractivity (Wildman–Crippen MR) is 55.7 cm³/mol. The largest absolute Gasteiger partial charge is 0.388 e. The first-order valence-electron chi connectivity index (χ1n) is 3.36. The molecular formula is C7H10INOS. The molecule has 1 heterocycles. The van der Waals surface area contributed by atoms with E-state index in [2.05, 4.69) is 22.6 Å². The highest BCUT2D eigenvalue weighted by Crippen LogP contribution is 2.23. The van der Waals surface area contributed by atoms with Crippen molar-refractivity contribution in [3.05, 3.63) is 19.9 Å². The first-order chi connectivity index (χ1) is 5.24. The average molecular weight is 283 g/mol. The molecule has 0 aliphatic heterocycles. The number of hydrogen-bond acceptors (Lipinski definition) is 3. The summed E-state index contributed by atoms with van der Waals surface area (Å²) in [5.74, 6) is 0. The third-order valence-corrected chi connectivity index (χ3v) is 3.22. The molecule has 0 saturated carbocycles. The van der Waals surface area contributed by atoms with Gasteiger partial charge in [0, 0.05) is 0 Å². The van der Waals surface area contributed by atoms with E-state index in [9.17, 15) is 5.11 Å². The Kier molecular flexibility index (Phi) is 3.77. The molecule has 0 amide bonds. The monoisotopic (exact) mass is 283 g/mol. The molecule has 0 spiro atoms. The van der Waals surface area contributed by atoms with Crippen LogP contribution in [-0.2, 0) is 0 Å². The fourth-order valence-electron chi connectivity index (χ4n) is 0.823. The maximum absolute atomic E-state index is 9.46. The van der Waals surface area contributed by atoms with Crippen molar-refractivity contribution in [3.8, 4) is 0 Å². The van der Waals surface area contributed by atoms with Crippen LogP contribution in [0, 0.1) is 2.88 Å². The van der Waals surface area contributed by atoms with Gasteiger partial charge in [0.05, 0.1) is 8.99 Å². The molecule has 11 heavy (non-hydrogen) atoms. The van der Waals surface area contributed by atoms with E-state index in [1.54, 1.807) is 11.3 Å². The molecule has 1 atom stereocenters. The van der Waals surface area contributed by atoms with Crippen molar-refractivity contribution in [2.45, 2.75) is 12.5 Å². The number of halogens is 1. The molecule has 4 heteroatoms. The van der Waals surface area contributed by atoms with Gasteiger partial charge in [0.1, 0.15) is 0 Å². The van der Waals surface area contributed by atoms with Crippen LogP contribution in [0.3, 0.4) is 0 Å². The van der Waals surface area contributed by atoms with Crippen molar-refractivity contribution in [2.24, 2.45) is 5.73 Å². The van der Waals surface area contributed by atoms with E-state index >= 15 is 0 Å². The quantitative estimate of drug-likeness (QED) is 0.830. The fraction of sp³-hybridized carbons (Fsp3) is 0.429. The molecule has 0 saturated heterocycles. The van der Waals surface area contributed by atoms with Gasteiger partial charge in [-0.3, -0.25) is 0 Å². The molecule has 1 aromatic rings. The lowest BCUT2D eigenvalue weighted by molar-refractivity contribution is 0.171. The van der Waals surface area contributed by atoms with Crippen LogP contribution in [0.15, 0.2) is 11.4 Å². The van der Waals surface area contributed by atoms with Crippen LogP contribution >= 0.6 is 33.9 Å². The van der Waals surface area contributed by atoms with E-state index in [-0.39, 0.29) is 6.10 Å². The number of hydrogen-bond donors (Lipinski definition) is 2. The van der Waals surface area contributed by atoms with Gasteiger partial charge < -0.3 is 10.8 Å². The standard InChI is InChI=1S/C7H10INOS/c8-7-3-5(4-11-7)6(10)1-2-9/h3-4,6,10H,1-2,9H2. The second-order valence-corrected chi connectivity index (χ2v) is 5.08.